The summed E-state index contributed by atoms with van der Waals surface area (Å²) in [6, 6.07) is 31.1. The Morgan fingerprint density at radius 1 is 0.900 bits per heavy atom. The Morgan fingerprint density at radius 3 is 2.20 bits per heavy atom. The molecule has 3 N–H and O–H groups in total. The monoisotopic (exact) mass is 571 g/mol. The lowest BCUT2D eigenvalue weighted by atomic mass is 10.1. The van der Waals surface area contributed by atoms with Crippen molar-refractivity contribution in [1.82, 2.24) is 15.2 Å². The molecule has 0 saturated carbocycles. The van der Waals surface area contributed by atoms with Crippen molar-refractivity contribution in [2.24, 2.45) is 10.2 Å². The van der Waals surface area contributed by atoms with E-state index >= 15 is 0 Å². The third kappa shape index (κ3) is 6.44. The molecular weight excluding hydrogens is 550 g/mol. The van der Waals surface area contributed by atoms with Crippen molar-refractivity contribution in [2.45, 2.75) is 4.90 Å². The molecule has 0 atom stereocenters. The lowest BCUT2D eigenvalue weighted by Crippen LogP contribution is -2.18. The zero-order valence-corrected chi connectivity index (χ0v) is 22.4. The quantitative estimate of drug-likeness (QED) is 0.190. The van der Waals surface area contributed by atoms with Crippen molar-refractivity contribution in [2.75, 3.05) is 0 Å². The first-order valence-electron chi connectivity index (χ1n) is 11.9. The molecule has 0 unspecified atom stereocenters. The molecule has 9 nitrogen and oxygen atoms in total. The fraction of sp³-hybridized carbons (Fsp3) is 0. The number of rotatable bonds is 8. The number of hydrogen-bond acceptors (Lipinski definition) is 6. The topological polar surface area (TPSA) is 129 Å². The van der Waals surface area contributed by atoms with Crippen LogP contribution in [-0.2, 0) is 10.0 Å². The molecule has 0 aliphatic rings. The Morgan fingerprint density at radius 2 is 1.55 bits per heavy atom. The molecule has 0 saturated heterocycles. The molecule has 200 valence electrons. The maximum absolute atomic E-state index is 12.9. The van der Waals surface area contributed by atoms with Gasteiger partial charge in [-0.2, -0.15) is 10.2 Å². The highest BCUT2D eigenvalue weighted by Gasteiger charge is 2.17. The molecule has 0 bridgehead atoms. The van der Waals surface area contributed by atoms with Crippen molar-refractivity contribution >= 4 is 33.7 Å². The highest BCUT2D eigenvalue weighted by Crippen LogP contribution is 2.26. The second-order valence-electron chi connectivity index (χ2n) is 8.56. The number of sulfonamides is 1. The third-order valence-corrected chi connectivity index (χ3v) is 6.91. The summed E-state index contributed by atoms with van der Waals surface area (Å²) in [7, 11) is -3.86. The predicted molar refractivity (Wildman–Crippen MR) is 153 cm³/mol. The number of carbonyl (C=O) groups is 1. The van der Waals surface area contributed by atoms with E-state index in [1.165, 1.54) is 23.0 Å². The lowest BCUT2D eigenvalue weighted by molar-refractivity contribution is 0.0949. The fourth-order valence-electron chi connectivity index (χ4n) is 3.76. The SMILES string of the molecule is NS(=O)(=O)c1ccc(-n2nc(C(=O)NN=Cc3ccc(Oc4ccccc4)cc3)cc2-c2ccc(Cl)cc2)cc1. The summed E-state index contributed by atoms with van der Waals surface area (Å²) < 4.78 is 30.6. The number of hydrogen-bond donors (Lipinski definition) is 2. The van der Waals surface area contributed by atoms with Crippen molar-refractivity contribution in [3.05, 3.63) is 125 Å². The number of nitrogens with zero attached hydrogens (tertiary/aromatic N) is 3. The third-order valence-electron chi connectivity index (χ3n) is 5.73. The van der Waals surface area contributed by atoms with E-state index in [2.05, 4.69) is 15.6 Å². The number of primary sulfonamides is 1. The van der Waals surface area contributed by atoms with E-state index < -0.39 is 15.9 Å². The van der Waals surface area contributed by atoms with Crippen LogP contribution in [0.4, 0.5) is 0 Å². The van der Waals surface area contributed by atoms with E-state index in [1.807, 2.05) is 42.5 Å². The lowest BCUT2D eigenvalue weighted by Gasteiger charge is -2.08. The average molecular weight is 572 g/mol. The molecule has 1 heterocycles. The van der Waals surface area contributed by atoms with Gasteiger partial charge in [-0.15, -0.1) is 0 Å². The van der Waals surface area contributed by atoms with E-state index in [1.54, 1.807) is 54.6 Å². The van der Waals surface area contributed by atoms with E-state index in [0.29, 0.717) is 22.2 Å². The van der Waals surface area contributed by atoms with Crippen LogP contribution in [-0.4, -0.2) is 30.3 Å². The molecule has 5 aromatic rings. The summed E-state index contributed by atoms with van der Waals surface area (Å²) in [5, 5.41) is 14.3. The van der Waals surface area contributed by atoms with Crippen molar-refractivity contribution < 1.29 is 17.9 Å². The van der Waals surface area contributed by atoms with Gasteiger partial charge in [0.15, 0.2) is 5.69 Å². The molecule has 1 aromatic heterocycles. The van der Waals surface area contributed by atoms with E-state index in [0.717, 1.165) is 16.9 Å². The number of benzene rings is 4. The molecule has 1 amide bonds. The van der Waals surface area contributed by atoms with Crippen LogP contribution < -0.4 is 15.3 Å². The van der Waals surface area contributed by atoms with Crippen molar-refractivity contribution in [1.29, 1.82) is 0 Å². The number of ether oxygens (including phenoxy) is 1. The average Bonchev–Trinajstić information content (AvgIpc) is 3.40. The molecule has 11 heteroatoms. The minimum atomic E-state index is -3.86. The molecule has 0 radical (unpaired) electrons. The standard InChI is InChI=1S/C29H22ClN5O4S/c30-22-10-8-21(9-11-22)28-18-27(34-35(28)23-12-16-26(17-13-23)40(31,37)38)29(36)33-32-19-20-6-14-25(15-7-20)39-24-4-2-1-3-5-24/h1-19H,(H,33,36)(H2,31,37,38). The van der Waals surface area contributed by atoms with Crippen molar-refractivity contribution in [3.8, 4) is 28.4 Å². The molecule has 40 heavy (non-hydrogen) atoms. The van der Waals surface area contributed by atoms with Gasteiger partial charge in [-0.25, -0.2) is 23.7 Å². The van der Waals surface area contributed by atoms with Crippen LogP contribution >= 0.6 is 11.6 Å². The van der Waals surface area contributed by atoms with Gasteiger partial charge in [0.25, 0.3) is 5.91 Å². The number of aromatic nitrogens is 2. The normalized spacial score (nSPS) is 11.4. The smallest absolute Gasteiger partial charge is 0.291 e. The van der Waals surface area contributed by atoms with Gasteiger partial charge in [0.2, 0.25) is 10.0 Å². The van der Waals surface area contributed by atoms with Gasteiger partial charge >= 0.3 is 0 Å². The summed E-state index contributed by atoms with van der Waals surface area (Å²) in [4.78, 5) is 12.9. The minimum Gasteiger partial charge on any atom is -0.457 e. The Labute approximate surface area is 235 Å². The summed E-state index contributed by atoms with van der Waals surface area (Å²) in [6.07, 6.45) is 1.51. The van der Waals surface area contributed by atoms with Crippen LogP contribution in [0, 0.1) is 0 Å². The van der Waals surface area contributed by atoms with Gasteiger partial charge in [0.1, 0.15) is 11.5 Å². The van der Waals surface area contributed by atoms with Gasteiger partial charge in [-0.3, -0.25) is 4.79 Å². The first kappa shape index (κ1) is 26.8. The van der Waals surface area contributed by atoms with E-state index in [9.17, 15) is 13.2 Å². The largest absolute Gasteiger partial charge is 0.457 e. The predicted octanol–water partition coefficient (Wildman–Crippen LogP) is 5.40. The van der Waals surface area contributed by atoms with Crippen LogP contribution in [0.2, 0.25) is 5.02 Å². The maximum atomic E-state index is 12.9. The van der Waals surface area contributed by atoms with E-state index in [-0.39, 0.29) is 10.6 Å². The summed E-state index contributed by atoms with van der Waals surface area (Å²) >= 11 is 6.05. The van der Waals surface area contributed by atoms with Crippen LogP contribution in [0.1, 0.15) is 16.1 Å². The Hall–Kier alpha value is -4.77. The summed E-state index contributed by atoms with van der Waals surface area (Å²) in [5.41, 5.74) is 5.20. The zero-order valence-electron chi connectivity index (χ0n) is 20.8. The van der Waals surface area contributed by atoms with Crippen LogP contribution in [0.5, 0.6) is 11.5 Å². The Balaban J connectivity index is 1.34. The van der Waals surface area contributed by atoms with Crippen LogP contribution in [0.15, 0.2) is 119 Å². The minimum absolute atomic E-state index is 0.0385. The number of nitrogens with two attached hydrogens (primary N) is 1. The van der Waals surface area contributed by atoms with Gasteiger partial charge in [-0.05, 0) is 84.4 Å². The zero-order chi connectivity index (χ0) is 28.1. The fourth-order valence-corrected chi connectivity index (χ4v) is 4.40. The number of carbonyl (C=O) groups excluding carboxylic acids is 1. The molecule has 0 fully saturated rings. The van der Waals surface area contributed by atoms with Gasteiger partial charge in [-0.1, -0.05) is 41.9 Å². The second-order valence-corrected chi connectivity index (χ2v) is 10.6. The number of nitrogens with one attached hydrogen (secondary N) is 1. The van der Waals surface area contributed by atoms with Crippen LogP contribution in [0.25, 0.3) is 16.9 Å². The molecular formula is C29H22ClN5O4S. The Bertz CT molecular complexity index is 1770. The Kier molecular flexibility index (Phi) is 7.74. The van der Waals surface area contributed by atoms with Gasteiger partial charge in [0.05, 0.1) is 22.5 Å². The number of amides is 1. The maximum Gasteiger partial charge on any atom is 0.291 e. The molecule has 4 aromatic carbocycles. The van der Waals surface area contributed by atoms with Crippen LogP contribution in [0.3, 0.4) is 0 Å². The highest BCUT2D eigenvalue weighted by atomic mass is 35.5. The second kappa shape index (κ2) is 11.5. The molecule has 0 aliphatic heterocycles. The number of hydrazone groups is 1. The van der Waals surface area contributed by atoms with Gasteiger partial charge in [0, 0.05) is 10.6 Å². The molecule has 0 aliphatic carbocycles. The molecule has 0 spiro atoms. The molecule has 5 rings (SSSR count). The highest BCUT2D eigenvalue weighted by molar-refractivity contribution is 7.89. The summed E-state index contributed by atoms with van der Waals surface area (Å²) in [6.45, 7) is 0. The van der Waals surface area contributed by atoms with Gasteiger partial charge < -0.3 is 4.74 Å². The summed E-state index contributed by atoms with van der Waals surface area (Å²) in [5.74, 6) is 0.870. The number of para-hydroxylation sites is 1. The number of halogens is 1. The van der Waals surface area contributed by atoms with E-state index in [4.69, 9.17) is 21.5 Å². The first-order chi connectivity index (χ1) is 19.3. The van der Waals surface area contributed by atoms with Crippen molar-refractivity contribution in [3.63, 3.8) is 0 Å². The first-order valence-corrected chi connectivity index (χ1v) is 13.8.